The smallest absolute Gasteiger partial charge is 0.341 e. The zero-order chi connectivity index (χ0) is 18.0. The van der Waals surface area contributed by atoms with Gasteiger partial charge >= 0.3 is 5.97 Å². The van der Waals surface area contributed by atoms with E-state index < -0.39 is 28.3 Å². The van der Waals surface area contributed by atoms with Crippen molar-refractivity contribution in [1.29, 1.82) is 0 Å². The molecule has 0 radical (unpaired) electrons. The van der Waals surface area contributed by atoms with E-state index in [1.807, 2.05) is 0 Å². The third-order valence-electron chi connectivity index (χ3n) is 4.10. The Morgan fingerprint density at radius 2 is 1.88 bits per heavy atom. The molecule has 1 heterocycles. The number of sulfone groups is 1. The van der Waals surface area contributed by atoms with E-state index in [1.54, 1.807) is 36.4 Å². The molecule has 7 nitrogen and oxygen atoms in total. The highest BCUT2D eigenvalue weighted by Crippen LogP contribution is 2.32. The molecule has 0 aliphatic carbocycles. The quantitative estimate of drug-likeness (QED) is 0.836. The van der Waals surface area contributed by atoms with Gasteiger partial charge in [-0.05, 0) is 18.6 Å². The number of hydrogen-bond acceptors (Lipinski definition) is 5. The summed E-state index contributed by atoms with van der Waals surface area (Å²) in [6, 6.07) is 10.3. The van der Waals surface area contributed by atoms with Gasteiger partial charge in [-0.15, -0.1) is 0 Å². The highest BCUT2D eigenvalue weighted by Gasteiger charge is 2.33. The molecule has 0 spiro atoms. The molecule has 2 aromatic carbocycles. The molecule has 1 unspecified atom stereocenters. The van der Waals surface area contributed by atoms with Crippen molar-refractivity contribution in [2.24, 2.45) is 5.92 Å². The second kappa shape index (κ2) is 6.72. The maximum atomic E-state index is 12.4. The molecule has 1 fully saturated rings. The van der Waals surface area contributed by atoms with Crippen LogP contribution in [0.4, 0.5) is 5.69 Å². The Balaban J connectivity index is 1.86. The fourth-order valence-electron chi connectivity index (χ4n) is 2.88. The topological polar surface area (TPSA) is 110 Å². The van der Waals surface area contributed by atoms with E-state index in [9.17, 15) is 18.0 Å². The zero-order valence-electron chi connectivity index (χ0n) is 13.3. The maximum Gasteiger partial charge on any atom is 0.341 e. The molecule has 132 valence electrons. The van der Waals surface area contributed by atoms with E-state index in [0.29, 0.717) is 28.6 Å². The van der Waals surface area contributed by atoms with Crippen LogP contribution < -0.4 is 10.1 Å². The summed E-state index contributed by atoms with van der Waals surface area (Å²) in [7, 11) is -3.13. The minimum atomic E-state index is -3.13. The lowest BCUT2D eigenvalue weighted by atomic mass is 10.1. The number of hydrogen-bond donors (Lipinski definition) is 2. The fourth-order valence-corrected chi connectivity index (χ4v) is 4.62. The molecule has 1 saturated heterocycles. The summed E-state index contributed by atoms with van der Waals surface area (Å²) in [5, 5.41) is 12.9. The molecule has 1 amide bonds. The molecule has 0 saturated carbocycles. The van der Waals surface area contributed by atoms with Crippen molar-refractivity contribution in [2.45, 2.75) is 6.42 Å². The van der Waals surface area contributed by atoms with E-state index in [1.165, 1.54) is 0 Å². The number of aliphatic carboxylic acids is 1. The monoisotopic (exact) mass is 363 g/mol. The van der Waals surface area contributed by atoms with E-state index >= 15 is 0 Å². The van der Waals surface area contributed by atoms with Gasteiger partial charge < -0.3 is 15.2 Å². The normalized spacial score (nSPS) is 18.8. The largest absolute Gasteiger partial charge is 0.481 e. The number of carboxylic acid groups (broad SMARTS) is 1. The van der Waals surface area contributed by atoms with Crippen LogP contribution in [0.15, 0.2) is 36.4 Å². The Kier molecular flexibility index (Phi) is 4.63. The van der Waals surface area contributed by atoms with Crippen molar-refractivity contribution >= 4 is 38.2 Å². The van der Waals surface area contributed by atoms with Crippen molar-refractivity contribution < 1.29 is 27.9 Å². The van der Waals surface area contributed by atoms with Crippen LogP contribution in [0.25, 0.3) is 10.8 Å². The van der Waals surface area contributed by atoms with E-state index in [2.05, 4.69) is 5.32 Å². The van der Waals surface area contributed by atoms with Gasteiger partial charge in [0.25, 0.3) is 0 Å². The van der Waals surface area contributed by atoms with Crippen molar-refractivity contribution in [1.82, 2.24) is 0 Å². The van der Waals surface area contributed by atoms with Crippen molar-refractivity contribution in [3.8, 4) is 5.75 Å². The van der Waals surface area contributed by atoms with Gasteiger partial charge in [-0.25, -0.2) is 13.2 Å². The average molecular weight is 363 g/mol. The van der Waals surface area contributed by atoms with Gasteiger partial charge in [0.2, 0.25) is 5.91 Å². The summed E-state index contributed by atoms with van der Waals surface area (Å²) in [5.41, 5.74) is 0.535. The number of rotatable bonds is 5. The summed E-state index contributed by atoms with van der Waals surface area (Å²) in [6.45, 7) is -0.463. The predicted molar refractivity (Wildman–Crippen MR) is 92.5 cm³/mol. The van der Waals surface area contributed by atoms with Crippen LogP contribution >= 0.6 is 0 Å². The molecule has 2 aromatic rings. The van der Waals surface area contributed by atoms with Crippen LogP contribution in [-0.2, 0) is 19.4 Å². The Labute approximate surface area is 144 Å². The van der Waals surface area contributed by atoms with Gasteiger partial charge in [-0.1, -0.05) is 24.3 Å². The Morgan fingerprint density at radius 1 is 1.16 bits per heavy atom. The summed E-state index contributed by atoms with van der Waals surface area (Å²) in [4.78, 5) is 23.1. The van der Waals surface area contributed by atoms with Crippen LogP contribution in [0, 0.1) is 5.92 Å². The number of amides is 1. The summed E-state index contributed by atoms with van der Waals surface area (Å²) in [5.74, 6) is -1.65. The third kappa shape index (κ3) is 3.90. The highest BCUT2D eigenvalue weighted by molar-refractivity contribution is 7.91. The molecule has 0 aromatic heterocycles. The first kappa shape index (κ1) is 17.2. The van der Waals surface area contributed by atoms with Crippen LogP contribution in [-0.4, -0.2) is 43.5 Å². The number of carbonyl (C=O) groups is 2. The first-order valence-corrected chi connectivity index (χ1v) is 9.55. The molecular weight excluding hydrogens is 346 g/mol. The molecule has 8 heteroatoms. The molecule has 1 aliphatic heterocycles. The molecule has 1 atom stereocenters. The summed E-state index contributed by atoms with van der Waals surface area (Å²) in [6.07, 6.45) is 0.325. The highest BCUT2D eigenvalue weighted by atomic mass is 32.2. The van der Waals surface area contributed by atoms with E-state index in [-0.39, 0.29) is 17.4 Å². The third-order valence-corrected chi connectivity index (χ3v) is 5.86. The van der Waals surface area contributed by atoms with E-state index in [4.69, 9.17) is 9.84 Å². The second-order valence-corrected chi connectivity index (χ2v) is 8.16. The SMILES string of the molecule is O=C(O)COc1ccc(NC(=O)C2CCS(=O)(=O)C2)c2ccccc12. The number of anilines is 1. The summed E-state index contributed by atoms with van der Waals surface area (Å²) >= 11 is 0. The number of carboxylic acids is 1. The number of fused-ring (bicyclic) bond motifs is 1. The molecule has 3 rings (SSSR count). The number of benzene rings is 2. The minimum Gasteiger partial charge on any atom is -0.481 e. The van der Waals surface area contributed by atoms with Gasteiger partial charge in [0.15, 0.2) is 16.4 Å². The average Bonchev–Trinajstić information content (AvgIpc) is 2.94. The maximum absolute atomic E-state index is 12.4. The first-order chi connectivity index (χ1) is 11.9. The van der Waals surface area contributed by atoms with Crippen LogP contribution in [0.1, 0.15) is 6.42 Å². The molecule has 2 N–H and O–H groups in total. The van der Waals surface area contributed by atoms with E-state index in [0.717, 1.165) is 0 Å². The second-order valence-electron chi connectivity index (χ2n) is 5.93. The Bertz CT molecular complexity index is 937. The predicted octanol–water partition coefficient (Wildman–Crippen LogP) is 1.68. The van der Waals surface area contributed by atoms with Crippen LogP contribution in [0.5, 0.6) is 5.75 Å². The van der Waals surface area contributed by atoms with Gasteiger partial charge in [-0.3, -0.25) is 4.79 Å². The molecule has 1 aliphatic rings. The number of ether oxygens (including phenoxy) is 1. The fraction of sp³-hybridized carbons (Fsp3) is 0.294. The number of nitrogens with one attached hydrogen (secondary N) is 1. The summed E-state index contributed by atoms with van der Waals surface area (Å²) < 4.78 is 28.4. The standard InChI is InChI=1S/C17H17NO6S/c19-16(20)9-24-15-6-5-14(12-3-1-2-4-13(12)15)18-17(21)11-7-8-25(22,23)10-11/h1-6,11H,7-10H2,(H,18,21)(H,19,20). The van der Waals surface area contributed by atoms with Crippen LogP contribution in [0.2, 0.25) is 0 Å². The van der Waals surface area contributed by atoms with Gasteiger partial charge in [0.05, 0.1) is 17.4 Å². The zero-order valence-corrected chi connectivity index (χ0v) is 14.1. The Hall–Kier alpha value is -2.61. The first-order valence-electron chi connectivity index (χ1n) is 7.73. The molecule has 0 bridgehead atoms. The van der Waals surface area contributed by atoms with Crippen molar-refractivity contribution in [3.05, 3.63) is 36.4 Å². The lowest BCUT2D eigenvalue weighted by molar-refractivity contribution is -0.139. The van der Waals surface area contributed by atoms with Crippen molar-refractivity contribution in [2.75, 3.05) is 23.4 Å². The van der Waals surface area contributed by atoms with Crippen molar-refractivity contribution in [3.63, 3.8) is 0 Å². The molecular formula is C17H17NO6S. The van der Waals surface area contributed by atoms with Crippen LogP contribution in [0.3, 0.4) is 0 Å². The lowest BCUT2D eigenvalue weighted by Crippen LogP contribution is -2.23. The number of carbonyl (C=O) groups excluding carboxylic acids is 1. The minimum absolute atomic E-state index is 0.0355. The molecule has 25 heavy (non-hydrogen) atoms. The van der Waals surface area contributed by atoms with Gasteiger partial charge in [0, 0.05) is 16.5 Å². The lowest BCUT2D eigenvalue weighted by Gasteiger charge is -2.14. The van der Waals surface area contributed by atoms with Gasteiger partial charge in [-0.2, -0.15) is 0 Å². The van der Waals surface area contributed by atoms with Gasteiger partial charge in [0.1, 0.15) is 5.75 Å². The Morgan fingerprint density at radius 3 is 2.52 bits per heavy atom.